The third-order valence-electron chi connectivity index (χ3n) is 7.08. The highest BCUT2D eigenvalue weighted by Gasteiger charge is 2.48. The Hall–Kier alpha value is -4.06. The Labute approximate surface area is 267 Å². The Kier molecular flexibility index (Phi) is 9.06. The number of Topliss-reactive ketones (excluding diaryl/α,β-unsaturated/α-hetero) is 1. The number of benzene rings is 3. The summed E-state index contributed by atoms with van der Waals surface area (Å²) in [6.07, 6.45) is 1.86. The van der Waals surface area contributed by atoms with Gasteiger partial charge in [-0.15, -0.1) is 10.2 Å². The molecule has 0 saturated carbocycles. The van der Waals surface area contributed by atoms with Gasteiger partial charge in [0.1, 0.15) is 24.7 Å². The number of aromatic nitrogens is 2. The van der Waals surface area contributed by atoms with Crippen molar-refractivity contribution in [1.82, 2.24) is 10.2 Å². The summed E-state index contributed by atoms with van der Waals surface area (Å²) in [5.74, 6) is 0.240. The number of ketones is 1. The average Bonchev–Trinajstić information content (AvgIpc) is 3.62. The lowest BCUT2D eigenvalue weighted by atomic mass is 9.95. The number of nitrogens with zero attached hydrogens (tertiary/aromatic N) is 3. The number of amides is 1. The summed E-state index contributed by atoms with van der Waals surface area (Å²) in [7, 11) is 0. The zero-order valence-corrected chi connectivity index (χ0v) is 26.1. The minimum atomic E-state index is -0.972. The van der Waals surface area contributed by atoms with Crippen LogP contribution in [0.4, 0.5) is 5.13 Å². The Morgan fingerprint density at radius 2 is 1.86 bits per heavy atom. The number of rotatable bonds is 10. The van der Waals surface area contributed by atoms with E-state index in [0.717, 1.165) is 18.4 Å². The highest BCUT2D eigenvalue weighted by atomic mass is 35.5. The molecule has 2 aliphatic heterocycles. The number of unbranched alkanes of at least 4 members (excludes halogenated alkanes) is 1. The smallest absolute Gasteiger partial charge is 0.301 e. The molecule has 1 unspecified atom stereocenters. The molecule has 0 bridgehead atoms. The van der Waals surface area contributed by atoms with Crippen LogP contribution >= 0.6 is 34.7 Å². The van der Waals surface area contributed by atoms with E-state index in [-0.39, 0.29) is 16.5 Å². The topological polar surface area (TPSA) is 111 Å². The van der Waals surface area contributed by atoms with Crippen LogP contribution in [0.5, 0.6) is 17.2 Å². The van der Waals surface area contributed by atoms with Crippen LogP contribution < -0.4 is 19.1 Å². The fourth-order valence-electron chi connectivity index (χ4n) is 4.88. The number of fused-ring (bicyclic) bond motifs is 1. The molecular formula is C32H28ClN3O6S2. The number of anilines is 1. The molecule has 44 heavy (non-hydrogen) atoms. The summed E-state index contributed by atoms with van der Waals surface area (Å²) in [6.45, 7) is 3.39. The van der Waals surface area contributed by atoms with Crippen molar-refractivity contribution in [2.75, 3.05) is 24.7 Å². The normalized spacial score (nSPS) is 17.2. The molecule has 1 aromatic heterocycles. The van der Waals surface area contributed by atoms with Gasteiger partial charge in [-0.05, 0) is 60.0 Å². The number of carbonyl (C=O) groups is 2. The van der Waals surface area contributed by atoms with Crippen LogP contribution in [0, 0.1) is 0 Å². The number of aliphatic hydroxyl groups excluding tert-OH is 1. The predicted octanol–water partition coefficient (Wildman–Crippen LogP) is 7.06. The lowest BCUT2D eigenvalue weighted by molar-refractivity contribution is -0.132. The van der Waals surface area contributed by atoms with Gasteiger partial charge in [-0.2, -0.15) is 0 Å². The Morgan fingerprint density at radius 1 is 1.07 bits per heavy atom. The van der Waals surface area contributed by atoms with Crippen LogP contribution in [0.2, 0.25) is 5.02 Å². The van der Waals surface area contributed by atoms with Crippen molar-refractivity contribution in [2.24, 2.45) is 0 Å². The third kappa shape index (κ3) is 6.26. The first-order chi connectivity index (χ1) is 21.4. The van der Waals surface area contributed by atoms with Crippen molar-refractivity contribution in [3.05, 3.63) is 94.0 Å². The second-order valence-corrected chi connectivity index (χ2v) is 12.7. The standard InChI is InChI=1S/C32H28ClN3O6S2/c1-2-3-13-40-23-6-4-5-20(16-23)27-26(28(37)21-9-12-24-25(17-21)42-15-14-41-24)29(38)30(39)36(27)31-34-35-32(44-31)43-18-19-7-10-22(33)11-8-19/h4-12,16-17,27,37H,2-3,13-15,18H2,1H3/b28-26+. The molecule has 1 atom stereocenters. The molecule has 0 spiro atoms. The molecule has 0 radical (unpaired) electrons. The maximum atomic E-state index is 13.7. The van der Waals surface area contributed by atoms with E-state index in [1.54, 1.807) is 36.4 Å². The van der Waals surface area contributed by atoms with Crippen LogP contribution in [-0.4, -0.2) is 46.8 Å². The molecule has 9 nitrogen and oxygen atoms in total. The van der Waals surface area contributed by atoms with E-state index in [9.17, 15) is 14.7 Å². The van der Waals surface area contributed by atoms with Gasteiger partial charge in [-0.1, -0.05) is 72.3 Å². The van der Waals surface area contributed by atoms with Gasteiger partial charge in [-0.25, -0.2) is 0 Å². The molecule has 2 aliphatic rings. The number of hydrogen-bond acceptors (Lipinski definition) is 10. The van der Waals surface area contributed by atoms with Gasteiger partial charge in [0.15, 0.2) is 15.8 Å². The number of carbonyl (C=O) groups excluding carboxylic acids is 2. The fourth-order valence-corrected chi connectivity index (χ4v) is 6.83. The first-order valence-electron chi connectivity index (χ1n) is 14.1. The van der Waals surface area contributed by atoms with Crippen molar-refractivity contribution >= 4 is 57.3 Å². The Morgan fingerprint density at radius 3 is 2.66 bits per heavy atom. The first kappa shape index (κ1) is 30.0. The molecule has 0 aliphatic carbocycles. The molecular weight excluding hydrogens is 622 g/mol. The first-order valence-corrected chi connectivity index (χ1v) is 16.3. The molecule has 1 fully saturated rings. The summed E-state index contributed by atoms with van der Waals surface area (Å²) < 4.78 is 17.9. The lowest BCUT2D eigenvalue weighted by Gasteiger charge is -2.23. The van der Waals surface area contributed by atoms with Gasteiger partial charge in [-0.3, -0.25) is 14.5 Å². The van der Waals surface area contributed by atoms with Crippen LogP contribution in [-0.2, 0) is 15.3 Å². The Balaban J connectivity index is 1.38. The highest BCUT2D eigenvalue weighted by Crippen LogP contribution is 2.45. The quantitative estimate of drug-likeness (QED) is 0.0482. The maximum absolute atomic E-state index is 13.7. The predicted molar refractivity (Wildman–Crippen MR) is 170 cm³/mol. The number of hydrogen-bond donors (Lipinski definition) is 1. The number of halogens is 1. The van der Waals surface area contributed by atoms with E-state index in [1.165, 1.54) is 28.0 Å². The number of thioether (sulfide) groups is 1. The fraction of sp³-hybridized carbons (Fsp3) is 0.250. The molecule has 1 amide bonds. The van der Waals surface area contributed by atoms with Gasteiger partial charge in [0, 0.05) is 16.3 Å². The zero-order valence-electron chi connectivity index (χ0n) is 23.7. The van der Waals surface area contributed by atoms with Crippen molar-refractivity contribution in [3.8, 4) is 17.2 Å². The molecule has 1 N–H and O–H groups in total. The summed E-state index contributed by atoms with van der Waals surface area (Å²) in [6, 6.07) is 18.7. The molecule has 1 saturated heterocycles. The molecule has 3 heterocycles. The van der Waals surface area contributed by atoms with E-state index in [1.807, 2.05) is 30.3 Å². The SMILES string of the molecule is CCCCOc1cccc(C2/C(=C(\O)c3ccc4c(c3)OCCO4)C(=O)C(=O)N2c2nnc(SCc3ccc(Cl)cc3)s2)c1. The van der Waals surface area contributed by atoms with Crippen molar-refractivity contribution in [3.63, 3.8) is 0 Å². The van der Waals surface area contributed by atoms with Gasteiger partial charge in [0.2, 0.25) is 5.13 Å². The van der Waals surface area contributed by atoms with Crippen LogP contribution in [0.15, 0.2) is 76.6 Å². The molecule has 226 valence electrons. The van der Waals surface area contributed by atoms with Crippen LogP contribution in [0.3, 0.4) is 0 Å². The van der Waals surface area contributed by atoms with Gasteiger partial charge in [0.05, 0.1) is 18.2 Å². The van der Waals surface area contributed by atoms with Crippen molar-refractivity contribution in [1.29, 1.82) is 0 Å². The summed E-state index contributed by atoms with van der Waals surface area (Å²) >= 11 is 8.67. The highest BCUT2D eigenvalue weighted by molar-refractivity contribution is 8.00. The van der Waals surface area contributed by atoms with Crippen LogP contribution in [0.25, 0.3) is 5.76 Å². The van der Waals surface area contributed by atoms with Gasteiger partial charge in [0.25, 0.3) is 5.78 Å². The second kappa shape index (κ2) is 13.3. The average molecular weight is 650 g/mol. The van der Waals surface area contributed by atoms with E-state index in [4.69, 9.17) is 25.8 Å². The summed E-state index contributed by atoms with van der Waals surface area (Å²) in [4.78, 5) is 28.6. The van der Waals surface area contributed by atoms with Crippen molar-refractivity contribution in [2.45, 2.75) is 35.9 Å². The van der Waals surface area contributed by atoms with Crippen LogP contribution in [0.1, 0.15) is 42.5 Å². The van der Waals surface area contributed by atoms with E-state index in [0.29, 0.717) is 63.3 Å². The zero-order chi connectivity index (χ0) is 30.6. The molecule has 12 heteroatoms. The monoisotopic (exact) mass is 649 g/mol. The minimum Gasteiger partial charge on any atom is -0.507 e. The maximum Gasteiger partial charge on any atom is 0.301 e. The van der Waals surface area contributed by atoms with Gasteiger partial charge >= 0.3 is 5.91 Å². The summed E-state index contributed by atoms with van der Waals surface area (Å²) in [5, 5.41) is 21.1. The van der Waals surface area contributed by atoms with E-state index >= 15 is 0 Å². The third-order valence-corrected chi connectivity index (χ3v) is 9.46. The van der Waals surface area contributed by atoms with E-state index in [2.05, 4.69) is 17.1 Å². The summed E-state index contributed by atoms with van der Waals surface area (Å²) in [5.41, 5.74) is 1.89. The van der Waals surface area contributed by atoms with Crippen molar-refractivity contribution < 1.29 is 28.9 Å². The van der Waals surface area contributed by atoms with Gasteiger partial charge < -0.3 is 19.3 Å². The molecule has 3 aromatic carbocycles. The number of ether oxygens (including phenoxy) is 3. The number of aliphatic hydroxyl groups is 1. The minimum absolute atomic E-state index is 0.0667. The molecule has 4 aromatic rings. The molecule has 6 rings (SSSR count). The Bertz CT molecular complexity index is 1730. The lowest BCUT2D eigenvalue weighted by Crippen LogP contribution is -2.29. The largest absolute Gasteiger partial charge is 0.507 e. The van der Waals surface area contributed by atoms with E-state index < -0.39 is 17.7 Å². The second-order valence-electron chi connectivity index (χ2n) is 10.1.